The first-order valence-corrected chi connectivity index (χ1v) is 9.21. The molecule has 0 aromatic carbocycles. The minimum atomic E-state index is 0.197. The molecule has 1 saturated carbocycles. The molecule has 128 valence electrons. The van der Waals surface area contributed by atoms with Gasteiger partial charge in [-0.2, -0.15) is 5.10 Å². The molecule has 2 fully saturated rings. The highest BCUT2D eigenvalue weighted by atomic mass is 16.1. The topological polar surface area (TPSA) is 50.2 Å². The van der Waals surface area contributed by atoms with E-state index in [9.17, 15) is 4.79 Å². The number of nitrogens with one attached hydrogen (secondary N) is 1. The number of nitrogens with zero attached hydrogens (tertiary/aromatic N) is 3. The summed E-state index contributed by atoms with van der Waals surface area (Å²) < 4.78 is 1.83. The van der Waals surface area contributed by atoms with Gasteiger partial charge in [-0.1, -0.05) is 12.8 Å². The number of piperidine rings is 1. The monoisotopic (exact) mass is 318 g/mol. The Morgan fingerprint density at radius 2 is 2.13 bits per heavy atom. The van der Waals surface area contributed by atoms with Crippen molar-refractivity contribution in [1.82, 2.24) is 20.0 Å². The Morgan fingerprint density at radius 3 is 2.87 bits per heavy atom. The molecule has 3 rings (SSSR count). The fourth-order valence-corrected chi connectivity index (χ4v) is 4.07. The number of hydrogen-bond acceptors (Lipinski definition) is 3. The number of amides is 1. The third-order valence-corrected chi connectivity index (χ3v) is 5.36. The Morgan fingerprint density at radius 1 is 1.30 bits per heavy atom. The van der Waals surface area contributed by atoms with E-state index in [0.717, 1.165) is 38.4 Å². The van der Waals surface area contributed by atoms with E-state index < -0.39 is 0 Å². The molecular formula is C18H30N4O. The normalized spacial score (nSPS) is 23.3. The SMILES string of the molecule is Cn1cc(CCCNC(=O)[C@H]2CCCN(C3CCCC3)C2)cn1. The second-order valence-corrected chi connectivity index (χ2v) is 7.19. The Labute approximate surface area is 139 Å². The minimum absolute atomic E-state index is 0.197. The molecule has 1 saturated heterocycles. The van der Waals surface area contributed by atoms with E-state index in [1.54, 1.807) is 0 Å². The van der Waals surface area contributed by atoms with Crippen molar-refractivity contribution in [3.63, 3.8) is 0 Å². The van der Waals surface area contributed by atoms with Crippen molar-refractivity contribution in [2.24, 2.45) is 13.0 Å². The lowest BCUT2D eigenvalue weighted by atomic mass is 9.95. The summed E-state index contributed by atoms with van der Waals surface area (Å²) in [6.07, 6.45) is 13.5. The Bertz CT molecular complexity index is 507. The number of rotatable bonds is 6. The molecule has 1 aliphatic carbocycles. The average Bonchev–Trinajstić information content (AvgIpc) is 3.23. The molecule has 23 heavy (non-hydrogen) atoms. The lowest BCUT2D eigenvalue weighted by molar-refractivity contribution is -0.127. The van der Waals surface area contributed by atoms with Crippen LogP contribution in [-0.2, 0) is 18.3 Å². The summed E-state index contributed by atoms with van der Waals surface area (Å²) in [6.45, 7) is 2.93. The molecule has 0 radical (unpaired) electrons. The molecule has 1 aliphatic heterocycles. The van der Waals surface area contributed by atoms with E-state index in [1.165, 1.54) is 44.2 Å². The second kappa shape index (κ2) is 7.95. The number of carbonyl (C=O) groups excluding carboxylic acids is 1. The maximum atomic E-state index is 12.4. The van der Waals surface area contributed by atoms with Crippen LogP contribution < -0.4 is 5.32 Å². The molecule has 5 heteroatoms. The summed E-state index contributed by atoms with van der Waals surface area (Å²) >= 11 is 0. The van der Waals surface area contributed by atoms with Gasteiger partial charge in [0.25, 0.3) is 0 Å². The fourth-order valence-electron chi connectivity index (χ4n) is 4.07. The first-order chi connectivity index (χ1) is 11.2. The van der Waals surface area contributed by atoms with Crippen LogP contribution in [0.2, 0.25) is 0 Å². The highest BCUT2D eigenvalue weighted by molar-refractivity contribution is 5.78. The molecular weight excluding hydrogens is 288 g/mol. The van der Waals surface area contributed by atoms with Gasteiger partial charge in [-0.25, -0.2) is 0 Å². The van der Waals surface area contributed by atoms with Gasteiger partial charge in [-0.3, -0.25) is 14.4 Å². The molecule has 0 spiro atoms. The molecule has 1 aromatic rings. The van der Waals surface area contributed by atoms with E-state index in [2.05, 4.69) is 15.3 Å². The highest BCUT2D eigenvalue weighted by Gasteiger charge is 2.30. The lowest BCUT2D eigenvalue weighted by Gasteiger charge is -2.36. The maximum Gasteiger partial charge on any atom is 0.224 e. The first kappa shape index (κ1) is 16.5. The van der Waals surface area contributed by atoms with E-state index in [0.29, 0.717) is 0 Å². The van der Waals surface area contributed by atoms with Crippen molar-refractivity contribution in [2.45, 2.75) is 57.4 Å². The van der Waals surface area contributed by atoms with Crippen LogP contribution in [0.5, 0.6) is 0 Å². The van der Waals surface area contributed by atoms with Crippen molar-refractivity contribution >= 4 is 5.91 Å². The van der Waals surface area contributed by atoms with Gasteiger partial charge >= 0.3 is 0 Å². The van der Waals surface area contributed by atoms with Crippen molar-refractivity contribution in [2.75, 3.05) is 19.6 Å². The first-order valence-electron chi connectivity index (χ1n) is 9.21. The maximum absolute atomic E-state index is 12.4. The predicted molar refractivity (Wildman–Crippen MR) is 91.1 cm³/mol. The van der Waals surface area contributed by atoms with Crippen LogP contribution in [0, 0.1) is 5.92 Å². The summed E-state index contributed by atoms with van der Waals surface area (Å²) in [6, 6.07) is 0.746. The van der Waals surface area contributed by atoms with E-state index >= 15 is 0 Å². The molecule has 0 unspecified atom stereocenters. The van der Waals surface area contributed by atoms with Crippen molar-refractivity contribution in [1.29, 1.82) is 0 Å². The average molecular weight is 318 g/mol. The number of aryl methyl sites for hydroxylation is 2. The highest BCUT2D eigenvalue weighted by Crippen LogP contribution is 2.27. The van der Waals surface area contributed by atoms with Crippen LogP contribution in [0.25, 0.3) is 0 Å². The molecule has 0 bridgehead atoms. The van der Waals surface area contributed by atoms with Crippen LogP contribution in [0.3, 0.4) is 0 Å². The summed E-state index contributed by atoms with van der Waals surface area (Å²) in [4.78, 5) is 15.0. The van der Waals surface area contributed by atoms with Gasteiger partial charge in [0, 0.05) is 32.4 Å². The molecule has 1 N–H and O–H groups in total. The Balaban J connectivity index is 1.37. The second-order valence-electron chi connectivity index (χ2n) is 7.19. The number of aromatic nitrogens is 2. The standard InChI is InChI=1S/C18H30N4O/c1-21-13-15(12-20-21)6-4-10-19-18(23)16-7-5-11-22(14-16)17-8-2-3-9-17/h12-13,16-17H,2-11,14H2,1H3,(H,19,23)/t16-/m0/s1. The summed E-state index contributed by atoms with van der Waals surface area (Å²) in [5.74, 6) is 0.460. The lowest BCUT2D eigenvalue weighted by Crippen LogP contribution is -2.46. The van der Waals surface area contributed by atoms with Crippen molar-refractivity contribution in [3.05, 3.63) is 18.0 Å². The smallest absolute Gasteiger partial charge is 0.224 e. The number of likely N-dealkylation sites (tertiary alicyclic amines) is 1. The van der Waals surface area contributed by atoms with E-state index in [1.807, 2.05) is 24.1 Å². The van der Waals surface area contributed by atoms with Gasteiger partial charge in [0.05, 0.1) is 12.1 Å². The third kappa shape index (κ3) is 4.56. The Hall–Kier alpha value is -1.36. The fraction of sp³-hybridized carbons (Fsp3) is 0.778. The van der Waals surface area contributed by atoms with Crippen LogP contribution in [0.1, 0.15) is 50.5 Å². The predicted octanol–water partition coefficient (Wildman–Crippen LogP) is 2.12. The Kier molecular flexibility index (Phi) is 5.70. The van der Waals surface area contributed by atoms with E-state index in [4.69, 9.17) is 0 Å². The number of hydrogen-bond donors (Lipinski definition) is 1. The molecule has 2 heterocycles. The molecule has 1 aromatic heterocycles. The van der Waals surface area contributed by atoms with Gasteiger partial charge in [0.1, 0.15) is 0 Å². The zero-order valence-corrected chi connectivity index (χ0v) is 14.3. The molecule has 1 amide bonds. The van der Waals surface area contributed by atoms with Crippen molar-refractivity contribution in [3.8, 4) is 0 Å². The van der Waals surface area contributed by atoms with Gasteiger partial charge in [0.2, 0.25) is 5.91 Å². The van der Waals surface area contributed by atoms with Crippen LogP contribution in [0.4, 0.5) is 0 Å². The summed E-state index contributed by atoms with van der Waals surface area (Å²) in [7, 11) is 1.93. The molecule has 5 nitrogen and oxygen atoms in total. The van der Waals surface area contributed by atoms with Crippen molar-refractivity contribution < 1.29 is 4.79 Å². The zero-order chi connectivity index (χ0) is 16.1. The van der Waals surface area contributed by atoms with Gasteiger partial charge < -0.3 is 5.32 Å². The minimum Gasteiger partial charge on any atom is -0.356 e. The summed E-state index contributed by atoms with van der Waals surface area (Å²) in [5.41, 5.74) is 1.24. The zero-order valence-electron chi connectivity index (χ0n) is 14.3. The van der Waals surface area contributed by atoms with Gasteiger partial charge in [-0.15, -0.1) is 0 Å². The third-order valence-electron chi connectivity index (χ3n) is 5.36. The largest absolute Gasteiger partial charge is 0.356 e. The van der Waals surface area contributed by atoms with Crippen LogP contribution in [0.15, 0.2) is 12.4 Å². The quantitative estimate of drug-likeness (QED) is 0.818. The number of carbonyl (C=O) groups is 1. The molecule has 1 atom stereocenters. The van der Waals surface area contributed by atoms with Gasteiger partial charge in [-0.05, 0) is 50.6 Å². The van der Waals surface area contributed by atoms with Crippen LogP contribution in [-0.4, -0.2) is 46.3 Å². The molecule has 2 aliphatic rings. The summed E-state index contributed by atoms with van der Waals surface area (Å²) in [5, 5.41) is 7.32. The van der Waals surface area contributed by atoms with E-state index in [-0.39, 0.29) is 11.8 Å². The van der Waals surface area contributed by atoms with Gasteiger partial charge in [0.15, 0.2) is 0 Å². The van der Waals surface area contributed by atoms with Crippen LogP contribution >= 0.6 is 0 Å².